The van der Waals surface area contributed by atoms with Crippen LogP contribution in [0.4, 0.5) is 0 Å². The minimum absolute atomic E-state index is 0.281. The molecular formula is C7H15NO2. The molecular weight excluding hydrogens is 130 g/mol. The van der Waals surface area contributed by atoms with Gasteiger partial charge in [0.05, 0.1) is 0 Å². The van der Waals surface area contributed by atoms with Crippen molar-refractivity contribution in [1.29, 1.82) is 0 Å². The smallest absolute Gasteiger partial charge is 0.123 e. The number of hydrogen-bond donors (Lipinski definition) is 1. The van der Waals surface area contributed by atoms with E-state index in [0.717, 1.165) is 32.3 Å². The van der Waals surface area contributed by atoms with E-state index in [0.29, 0.717) is 0 Å². The van der Waals surface area contributed by atoms with Crippen molar-refractivity contribution in [3.8, 4) is 0 Å². The maximum Gasteiger partial charge on any atom is 0.123 e. The summed E-state index contributed by atoms with van der Waals surface area (Å²) in [6.45, 7) is 1.53. The van der Waals surface area contributed by atoms with Crippen LogP contribution in [0.3, 0.4) is 0 Å². The van der Waals surface area contributed by atoms with E-state index in [9.17, 15) is 4.79 Å². The van der Waals surface area contributed by atoms with Gasteiger partial charge in [0.2, 0.25) is 0 Å². The Balaban J connectivity index is 0.000000371. The topological polar surface area (TPSA) is 52.3 Å². The Morgan fingerprint density at radius 2 is 1.90 bits per heavy atom. The molecule has 10 heavy (non-hydrogen) atoms. The third kappa shape index (κ3) is 3.58. The number of ether oxygens (including phenoxy) is 1. The van der Waals surface area contributed by atoms with Crippen LogP contribution in [0.2, 0.25) is 0 Å². The normalized spacial score (nSPS) is 19.0. The first-order valence-electron chi connectivity index (χ1n) is 3.54. The third-order valence-corrected chi connectivity index (χ3v) is 1.46. The number of rotatable bonds is 1. The molecule has 1 heterocycles. The largest absolute Gasteiger partial charge is 0.381 e. The molecule has 0 saturated carbocycles. The molecule has 1 fully saturated rings. The molecule has 0 radical (unpaired) electrons. The second-order valence-electron chi connectivity index (χ2n) is 2.09. The fraction of sp³-hybridized carbons (Fsp3) is 0.857. The van der Waals surface area contributed by atoms with Crippen LogP contribution in [0.1, 0.15) is 12.8 Å². The lowest BCUT2D eigenvalue weighted by Gasteiger charge is -2.15. The second-order valence-corrected chi connectivity index (χ2v) is 2.09. The lowest BCUT2D eigenvalue weighted by atomic mass is 10.0. The summed E-state index contributed by atoms with van der Waals surface area (Å²) < 4.78 is 5.04. The summed E-state index contributed by atoms with van der Waals surface area (Å²) in [7, 11) is 1.50. The van der Waals surface area contributed by atoms with Crippen LogP contribution < -0.4 is 5.73 Å². The van der Waals surface area contributed by atoms with Gasteiger partial charge in [0.1, 0.15) is 6.29 Å². The molecule has 3 nitrogen and oxygen atoms in total. The first-order valence-corrected chi connectivity index (χ1v) is 3.54. The minimum Gasteiger partial charge on any atom is -0.381 e. The van der Waals surface area contributed by atoms with E-state index in [4.69, 9.17) is 4.74 Å². The van der Waals surface area contributed by atoms with Gasteiger partial charge < -0.3 is 15.3 Å². The van der Waals surface area contributed by atoms with Crippen LogP contribution in [-0.4, -0.2) is 26.5 Å². The van der Waals surface area contributed by atoms with Crippen LogP contribution >= 0.6 is 0 Å². The molecule has 1 aliphatic rings. The van der Waals surface area contributed by atoms with Gasteiger partial charge >= 0.3 is 0 Å². The molecule has 3 heteroatoms. The number of carbonyl (C=O) groups is 1. The van der Waals surface area contributed by atoms with Crippen molar-refractivity contribution in [2.45, 2.75) is 12.8 Å². The number of aldehydes is 1. The van der Waals surface area contributed by atoms with Crippen molar-refractivity contribution in [2.75, 3.05) is 20.3 Å². The van der Waals surface area contributed by atoms with E-state index in [1.165, 1.54) is 7.05 Å². The highest BCUT2D eigenvalue weighted by molar-refractivity contribution is 5.53. The number of hydrogen-bond acceptors (Lipinski definition) is 3. The van der Waals surface area contributed by atoms with Gasteiger partial charge in [0.15, 0.2) is 0 Å². The highest BCUT2D eigenvalue weighted by atomic mass is 16.5. The van der Waals surface area contributed by atoms with Crippen molar-refractivity contribution in [2.24, 2.45) is 11.7 Å². The molecule has 0 unspecified atom stereocenters. The Morgan fingerprint density at radius 1 is 1.40 bits per heavy atom. The molecule has 0 aromatic heterocycles. The number of carbonyl (C=O) groups excluding carboxylic acids is 1. The first kappa shape index (κ1) is 9.59. The second kappa shape index (κ2) is 6.71. The molecule has 60 valence electrons. The summed E-state index contributed by atoms with van der Waals surface area (Å²) in [5, 5.41) is 0. The Morgan fingerprint density at radius 3 is 2.20 bits per heavy atom. The summed E-state index contributed by atoms with van der Waals surface area (Å²) in [4.78, 5) is 10.1. The molecule has 0 aromatic carbocycles. The van der Waals surface area contributed by atoms with Crippen LogP contribution in [0.5, 0.6) is 0 Å². The number of nitrogens with two attached hydrogens (primary N) is 1. The van der Waals surface area contributed by atoms with Crippen molar-refractivity contribution in [3.05, 3.63) is 0 Å². The lowest BCUT2D eigenvalue weighted by Crippen LogP contribution is -2.16. The van der Waals surface area contributed by atoms with Gasteiger partial charge in [-0.3, -0.25) is 0 Å². The molecule has 2 N–H and O–H groups in total. The lowest BCUT2D eigenvalue weighted by molar-refractivity contribution is -0.113. The van der Waals surface area contributed by atoms with Crippen LogP contribution in [0.15, 0.2) is 0 Å². The Hall–Kier alpha value is -0.410. The monoisotopic (exact) mass is 145 g/mol. The summed E-state index contributed by atoms with van der Waals surface area (Å²) in [6.07, 6.45) is 2.87. The molecule has 0 amide bonds. The van der Waals surface area contributed by atoms with Gasteiger partial charge in [-0.2, -0.15) is 0 Å². The SMILES string of the molecule is CN.O=CC1CCOCC1. The summed E-state index contributed by atoms with van der Waals surface area (Å²) in [5.41, 5.74) is 4.50. The maximum absolute atomic E-state index is 10.1. The van der Waals surface area contributed by atoms with Crippen molar-refractivity contribution >= 4 is 6.29 Å². The standard InChI is InChI=1S/C6H10O2.CH5N/c7-5-6-1-3-8-4-2-6;1-2/h5-6H,1-4H2;2H2,1H3. The van der Waals surface area contributed by atoms with Crippen molar-refractivity contribution in [3.63, 3.8) is 0 Å². The highest BCUT2D eigenvalue weighted by Crippen LogP contribution is 2.10. The average molecular weight is 145 g/mol. The van der Waals surface area contributed by atoms with Gasteiger partial charge in [0, 0.05) is 19.1 Å². The minimum atomic E-state index is 0.281. The van der Waals surface area contributed by atoms with Crippen LogP contribution in [0.25, 0.3) is 0 Å². The predicted octanol–water partition coefficient (Wildman–Crippen LogP) is 0.187. The van der Waals surface area contributed by atoms with E-state index < -0.39 is 0 Å². The zero-order valence-corrected chi connectivity index (χ0v) is 6.38. The van der Waals surface area contributed by atoms with E-state index >= 15 is 0 Å². The molecule has 0 bridgehead atoms. The summed E-state index contributed by atoms with van der Waals surface area (Å²) in [6, 6.07) is 0. The average Bonchev–Trinajstić information content (AvgIpc) is 2.10. The molecule has 0 aromatic rings. The van der Waals surface area contributed by atoms with E-state index in [-0.39, 0.29) is 5.92 Å². The Labute approximate surface area is 61.5 Å². The fourth-order valence-corrected chi connectivity index (χ4v) is 0.852. The van der Waals surface area contributed by atoms with Gasteiger partial charge in [-0.15, -0.1) is 0 Å². The fourth-order valence-electron chi connectivity index (χ4n) is 0.852. The maximum atomic E-state index is 10.1. The van der Waals surface area contributed by atoms with Crippen LogP contribution in [-0.2, 0) is 9.53 Å². The molecule has 0 spiro atoms. The third-order valence-electron chi connectivity index (χ3n) is 1.46. The zero-order chi connectivity index (χ0) is 7.82. The van der Waals surface area contributed by atoms with E-state index in [1.807, 2.05) is 0 Å². The predicted molar refractivity (Wildman–Crippen MR) is 39.7 cm³/mol. The highest BCUT2D eigenvalue weighted by Gasteiger charge is 2.10. The van der Waals surface area contributed by atoms with Gasteiger partial charge in [0.25, 0.3) is 0 Å². The van der Waals surface area contributed by atoms with Crippen LogP contribution in [0, 0.1) is 5.92 Å². The molecule has 0 atom stereocenters. The van der Waals surface area contributed by atoms with Crippen molar-refractivity contribution in [1.82, 2.24) is 0 Å². The summed E-state index contributed by atoms with van der Waals surface area (Å²) in [5.74, 6) is 0.281. The van der Waals surface area contributed by atoms with E-state index in [2.05, 4.69) is 5.73 Å². The van der Waals surface area contributed by atoms with Crippen molar-refractivity contribution < 1.29 is 9.53 Å². The first-order chi connectivity index (χ1) is 4.93. The molecule has 1 aliphatic heterocycles. The quantitative estimate of drug-likeness (QED) is 0.536. The van der Waals surface area contributed by atoms with E-state index in [1.54, 1.807) is 0 Å². The molecule has 1 rings (SSSR count). The zero-order valence-electron chi connectivity index (χ0n) is 6.38. The molecule has 0 aliphatic carbocycles. The summed E-state index contributed by atoms with van der Waals surface area (Å²) >= 11 is 0. The Bertz CT molecular complexity index is 79.7. The van der Waals surface area contributed by atoms with Gasteiger partial charge in [-0.05, 0) is 19.9 Å². The molecule has 1 saturated heterocycles. The van der Waals surface area contributed by atoms with Gasteiger partial charge in [-0.1, -0.05) is 0 Å². The van der Waals surface area contributed by atoms with Gasteiger partial charge in [-0.25, -0.2) is 0 Å². The Kier molecular flexibility index (Phi) is 6.43.